The average molecular weight is 373 g/mol. The quantitative estimate of drug-likeness (QED) is 0.447. The summed E-state index contributed by atoms with van der Waals surface area (Å²) in [5.74, 6) is 0.838. The molecule has 3 nitrogen and oxygen atoms in total. The molecule has 0 aliphatic heterocycles. The highest BCUT2D eigenvalue weighted by atomic mass is 16.5. The molecule has 3 heteroatoms. The van der Waals surface area contributed by atoms with Crippen molar-refractivity contribution in [2.24, 2.45) is 0 Å². The predicted octanol–water partition coefficient (Wildman–Crippen LogP) is 4.62. The highest BCUT2D eigenvalue weighted by Gasteiger charge is 2.17. The summed E-state index contributed by atoms with van der Waals surface area (Å²) < 4.78 is 5.75. The van der Waals surface area contributed by atoms with Crippen LogP contribution >= 0.6 is 0 Å². The molecule has 2 N–H and O–H groups in total. The van der Waals surface area contributed by atoms with E-state index in [-0.39, 0.29) is 0 Å². The molecule has 3 rings (SSSR count). The number of nitrogens with one attached hydrogen (secondary N) is 1. The first-order valence-corrected chi connectivity index (χ1v) is 9.61. The van der Waals surface area contributed by atoms with Crippen LogP contribution in [0.4, 0.5) is 0 Å². The third-order valence-corrected chi connectivity index (χ3v) is 4.60. The Hall–Kier alpha value is -2.88. The zero-order valence-corrected chi connectivity index (χ0v) is 16.4. The second kappa shape index (κ2) is 9.88. The third-order valence-electron chi connectivity index (χ3n) is 4.60. The Balaban J connectivity index is 2.10. The van der Waals surface area contributed by atoms with Crippen LogP contribution in [0.5, 0.6) is 5.75 Å². The zero-order chi connectivity index (χ0) is 19.8. The molecule has 0 saturated heterocycles. The summed E-state index contributed by atoms with van der Waals surface area (Å²) in [6, 6.07) is 28.4. The standard InChI is InChI=1S/C25H27NO2/c1-19(27)24(20-9-5-3-6-10-20)25(21-11-7-4-8-12-21)22-13-15-23(16-14-22)28-18-17-26-2/h3-16,19,26-27H,17-18H2,1-2H3/b25-24+/t19-/m1/s1. The molecule has 0 unspecified atom stereocenters. The van der Waals surface area contributed by atoms with Gasteiger partial charge in [0.05, 0.1) is 6.10 Å². The van der Waals surface area contributed by atoms with Gasteiger partial charge in [-0.1, -0.05) is 72.8 Å². The van der Waals surface area contributed by atoms with Crippen LogP contribution in [-0.2, 0) is 0 Å². The summed E-state index contributed by atoms with van der Waals surface area (Å²) in [5.41, 5.74) is 5.09. The van der Waals surface area contributed by atoms with E-state index in [1.807, 2.05) is 74.6 Å². The van der Waals surface area contributed by atoms with Gasteiger partial charge in [-0.15, -0.1) is 0 Å². The molecule has 1 atom stereocenters. The van der Waals surface area contributed by atoms with E-state index in [0.717, 1.165) is 40.1 Å². The number of hydrogen-bond donors (Lipinski definition) is 2. The molecule has 0 aliphatic rings. The van der Waals surface area contributed by atoms with Crippen LogP contribution in [0.1, 0.15) is 23.6 Å². The maximum Gasteiger partial charge on any atom is 0.119 e. The highest BCUT2D eigenvalue weighted by molar-refractivity contribution is 5.99. The molecule has 0 spiro atoms. The van der Waals surface area contributed by atoms with Gasteiger partial charge in [-0.3, -0.25) is 0 Å². The van der Waals surface area contributed by atoms with E-state index in [0.29, 0.717) is 6.61 Å². The Morgan fingerprint density at radius 3 is 1.89 bits per heavy atom. The van der Waals surface area contributed by atoms with E-state index in [1.165, 1.54) is 0 Å². The third kappa shape index (κ3) is 4.89. The lowest BCUT2D eigenvalue weighted by Gasteiger charge is -2.20. The number of hydrogen-bond acceptors (Lipinski definition) is 3. The van der Waals surface area contributed by atoms with Crippen molar-refractivity contribution in [3.05, 3.63) is 102 Å². The minimum Gasteiger partial charge on any atom is -0.492 e. The van der Waals surface area contributed by atoms with E-state index < -0.39 is 6.10 Å². The molecule has 3 aromatic rings. The van der Waals surface area contributed by atoms with Crippen molar-refractivity contribution in [3.63, 3.8) is 0 Å². The van der Waals surface area contributed by atoms with Gasteiger partial charge in [0.2, 0.25) is 0 Å². The maximum absolute atomic E-state index is 10.7. The molecule has 0 amide bonds. The topological polar surface area (TPSA) is 41.5 Å². The zero-order valence-electron chi connectivity index (χ0n) is 16.4. The highest BCUT2D eigenvalue weighted by Crippen LogP contribution is 2.35. The summed E-state index contributed by atoms with van der Waals surface area (Å²) in [5, 5.41) is 13.7. The number of aliphatic hydroxyl groups excluding tert-OH is 1. The lowest BCUT2D eigenvalue weighted by molar-refractivity contribution is 0.253. The molecular formula is C25H27NO2. The number of likely N-dealkylation sites (N-methyl/N-ethyl adjacent to an activating group) is 1. The van der Waals surface area contributed by atoms with Crippen molar-refractivity contribution in [2.75, 3.05) is 20.2 Å². The maximum atomic E-state index is 10.7. The van der Waals surface area contributed by atoms with Crippen LogP contribution < -0.4 is 10.1 Å². The monoisotopic (exact) mass is 373 g/mol. The van der Waals surface area contributed by atoms with Gasteiger partial charge in [-0.05, 0) is 53.9 Å². The van der Waals surface area contributed by atoms with E-state index in [9.17, 15) is 5.11 Å². The summed E-state index contributed by atoms with van der Waals surface area (Å²) in [6.45, 7) is 3.25. The lowest BCUT2D eigenvalue weighted by Crippen LogP contribution is -2.15. The van der Waals surface area contributed by atoms with Crippen LogP contribution in [0.25, 0.3) is 11.1 Å². The fourth-order valence-corrected chi connectivity index (χ4v) is 3.28. The SMILES string of the molecule is CNCCOc1ccc(/C(=C(/c2ccccc2)[C@@H](C)O)c2ccccc2)cc1. The van der Waals surface area contributed by atoms with Gasteiger partial charge in [-0.2, -0.15) is 0 Å². The largest absolute Gasteiger partial charge is 0.492 e. The summed E-state index contributed by atoms with van der Waals surface area (Å²) in [4.78, 5) is 0. The number of benzene rings is 3. The summed E-state index contributed by atoms with van der Waals surface area (Å²) in [6.07, 6.45) is -0.607. The lowest BCUT2D eigenvalue weighted by atomic mass is 9.87. The van der Waals surface area contributed by atoms with Gasteiger partial charge in [0.1, 0.15) is 12.4 Å². The van der Waals surface area contributed by atoms with Gasteiger partial charge >= 0.3 is 0 Å². The van der Waals surface area contributed by atoms with E-state index in [1.54, 1.807) is 0 Å². The van der Waals surface area contributed by atoms with Gasteiger partial charge in [0, 0.05) is 6.54 Å². The molecular weight excluding hydrogens is 346 g/mol. The van der Waals surface area contributed by atoms with Crippen molar-refractivity contribution in [2.45, 2.75) is 13.0 Å². The van der Waals surface area contributed by atoms with Gasteiger partial charge in [-0.25, -0.2) is 0 Å². The van der Waals surface area contributed by atoms with Crippen LogP contribution in [0, 0.1) is 0 Å². The van der Waals surface area contributed by atoms with Crippen LogP contribution in [0.2, 0.25) is 0 Å². The summed E-state index contributed by atoms with van der Waals surface area (Å²) in [7, 11) is 1.91. The van der Waals surface area contributed by atoms with E-state index in [2.05, 4.69) is 29.6 Å². The van der Waals surface area contributed by atoms with Gasteiger partial charge in [0.25, 0.3) is 0 Å². The first-order valence-electron chi connectivity index (χ1n) is 9.61. The minimum absolute atomic E-state index is 0.607. The van der Waals surface area contributed by atoms with Gasteiger partial charge < -0.3 is 15.2 Å². The average Bonchev–Trinajstić information content (AvgIpc) is 2.74. The van der Waals surface area contributed by atoms with Crippen LogP contribution in [-0.4, -0.2) is 31.4 Å². The van der Waals surface area contributed by atoms with Crippen molar-refractivity contribution in [1.82, 2.24) is 5.32 Å². The van der Waals surface area contributed by atoms with E-state index in [4.69, 9.17) is 4.74 Å². The van der Waals surface area contributed by atoms with Crippen molar-refractivity contribution in [1.29, 1.82) is 0 Å². The van der Waals surface area contributed by atoms with Crippen molar-refractivity contribution < 1.29 is 9.84 Å². The number of ether oxygens (including phenoxy) is 1. The van der Waals surface area contributed by atoms with Crippen molar-refractivity contribution >= 4 is 11.1 Å². The molecule has 0 saturated carbocycles. The molecule has 144 valence electrons. The van der Waals surface area contributed by atoms with E-state index >= 15 is 0 Å². The Morgan fingerprint density at radius 1 is 0.821 bits per heavy atom. The number of aliphatic hydroxyl groups is 1. The van der Waals surface area contributed by atoms with Gasteiger partial charge in [0.15, 0.2) is 0 Å². The molecule has 28 heavy (non-hydrogen) atoms. The molecule has 3 aromatic carbocycles. The first kappa shape index (κ1) is 19.9. The molecule has 0 bridgehead atoms. The minimum atomic E-state index is -0.607. The fourth-order valence-electron chi connectivity index (χ4n) is 3.28. The smallest absolute Gasteiger partial charge is 0.119 e. The molecule has 0 aromatic heterocycles. The molecule has 0 radical (unpaired) electrons. The molecule has 0 aliphatic carbocycles. The Morgan fingerprint density at radius 2 is 1.36 bits per heavy atom. The normalized spacial score (nSPS) is 13.0. The Labute approximate surface area is 167 Å². The second-order valence-electron chi connectivity index (χ2n) is 6.67. The fraction of sp³-hybridized carbons (Fsp3) is 0.200. The molecule has 0 heterocycles. The number of rotatable bonds is 8. The van der Waals surface area contributed by atoms with Crippen molar-refractivity contribution in [3.8, 4) is 5.75 Å². The summed E-state index contributed by atoms with van der Waals surface area (Å²) >= 11 is 0. The Kier molecular flexibility index (Phi) is 7.01. The predicted molar refractivity (Wildman–Crippen MR) is 116 cm³/mol. The van der Waals surface area contributed by atoms with Crippen LogP contribution in [0.3, 0.4) is 0 Å². The molecule has 0 fully saturated rings. The second-order valence-corrected chi connectivity index (χ2v) is 6.67. The Bertz CT molecular complexity index is 885. The first-order chi connectivity index (χ1) is 13.7. The van der Waals surface area contributed by atoms with Crippen LogP contribution in [0.15, 0.2) is 84.9 Å².